The number of benzene rings is 2. The summed E-state index contributed by atoms with van der Waals surface area (Å²) in [5.74, 6) is 5.90. The van der Waals surface area contributed by atoms with Crippen LogP contribution in [0, 0.1) is 17.7 Å². The first-order valence-electron chi connectivity index (χ1n) is 10.1. The highest BCUT2D eigenvalue weighted by Gasteiger charge is 2.07. The highest BCUT2D eigenvalue weighted by Crippen LogP contribution is 2.24. The van der Waals surface area contributed by atoms with E-state index in [2.05, 4.69) is 70.4 Å². The van der Waals surface area contributed by atoms with Gasteiger partial charge in [0.15, 0.2) is 5.82 Å². The van der Waals surface area contributed by atoms with Crippen LogP contribution >= 0.6 is 12.2 Å². The largest absolute Gasteiger partial charge is 0.251 e. The van der Waals surface area contributed by atoms with Crippen molar-refractivity contribution in [1.29, 1.82) is 0 Å². The van der Waals surface area contributed by atoms with E-state index in [1.807, 2.05) is 24.3 Å². The molecule has 0 aliphatic heterocycles. The average Bonchev–Trinajstić information content (AvgIpc) is 2.77. The van der Waals surface area contributed by atoms with E-state index in [1.54, 1.807) is 0 Å². The lowest BCUT2D eigenvalue weighted by Gasteiger charge is -2.03. The molecule has 0 saturated carbocycles. The first-order chi connectivity index (χ1) is 14.7. The fraction of sp³-hybridized carbons (Fsp3) is 0.231. The van der Waals surface area contributed by atoms with E-state index in [4.69, 9.17) is 0 Å². The fourth-order valence-electron chi connectivity index (χ4n) is 3.12. The number of rotatable bonds is 7. The van der Waals surface area contributed by atoms with Crippen LogP contribution in [0.3, 0.4) is 0 Å². The number of pyridine rings is 1. The van der Waals surface area contributed by atoms with Crippen molar-refractivity contribution < 1.29 is 4.39 Å². The van der Waals surface area contributed by atoms with Gasteiger partial charge in [-0.2, -0.15) is 4.99 Å². The zero-order valence-corrected chi connectivity index (χ0v) is 17.8. The molecule has 0 bridgehead atoms. The molecule has 30 heavy (non-hydrogen) atoms. The second-order valence-corrected chi connectivity index (χ2v) is 7.24. The molecule has 3 rings (SSSR count). The van der Waals surface area contributed by atoms with Gasteiger partial charge in [-0.15, -0.1) is 0 Å². The van der Waals surface area contributed by atoms with E-state index in [0.717, 1.165) is 17.5 Å². The Labute approximate surface area is 182 Å². The zero-order chi connectivity index (χ0) is 21.2. The maximum atomic E-state index is 14.3. The molecule has 0 saturated heterocycles. The van der Waals surface area contributed by atoms with Crippen molar-refractivity contribution in [2.45, 2.75) is 39.0 Å². The van der Waals surface area contributed by atoms with Gasteiger partial charge in [-0.1, -0.05) is 62.3 Å². The molecule has 0 N–H and O–H groups in total. The summed E-state index contributed by atoms with van der Waals surface area (Å²) in [4.78, 5) is 7.88. The Morgan fingerprint density at radius 1 is 0.933 bits per heavy atom. The number of aryl methyl sites for hydroxylation is 1. The minimum absolute atomic E-state index is 0.271. The molecule has 0 fully saturated rings. The zero-order valence-electron chi connectivity index (χ0n) is 17.0. The summed E-state index contributed by atoms with van der Waals surface area (Å²) in [6.07, 6.45) is 7.69. The van der Waals surface area contributed by atoms with E-state index in [-0.39, 0.29) is 5.69 Å². The maximum absolute atomic E-state index is 14.3. The van der Waals surface area contributed by atoms with Crippen molar-refractivity contribution in [2.75, 3.05) is 0 Å². The van der Waals surface area contributed by atoms with Gasteiger partial charge in [-0.05, 0) is 54.9 Å². The lowest BCUT2D eigenvalue weighted by atomic mass is 10.0. The molecule has 0 aliphatic carbocycles. The Hall–Kier alpha value is -3.12. The monoisotopic (exact) mass is 414 g/mol. The Morgan fingerprint density at radius 2 is 1.60 bits per heavy atom. The highest BCUT2D eigenvalue weighted by atomic mass is 32.1. The predicted octanol–water partition coefficient (Wildman–Crippen LogP) is 7.14. The number of aromatic nitrogens is 1. The lowest BCUT2D eigenvalue weighted by molar-refractivity contribution is 0.626. The van der Waals surface area contributed by atoms with Crippen LogP contribution in [0.1, 0.15) is 49.3 Å². The Bertz CT molecular complexity index is 1090. The molecule has 0 unspecified atom stereocenters. The van der Waals surface area contributed by atoms with Gasteiger partial charge in [0, 0.05) is 22.8 Å². The molecule has 3 aromatic rings. The number of halogens is 1. The molecule has 1 aromatic heterocycles. The van der Waals surface area contributed by atoms with E-state index in [9.17, 15) is 4.39 Å². The SMILES string of the molecule is CCCCCCc1ccc(C#Cc2ccc(-c3ncc(N=C=S)cc3F)cc2)cc1. The van der Waals surface area contributed by atoms with Crippen LogP contribution in [0.2, 0.25) is 0 Å². The highest BCUT2D eigenvalue weighted by molar-refractivity contribution is 7.78. The number of aliphatic imine (C=N–C) groups is 1. The van der Waals surface area contributed by atoms with Gasteiger partial charge in [0.2, 0.25) is 0 Å². The first kappa shape index (κ1) is 21.6. The molecule has 2 aromatic carbocycles. The summed E-state index contributed by atoms with van der Waals surface area (Å²) in [5, 5.41) is 2.21. The van der Waals surface area contributed by atoms with Crippen LogP contribution in [-0.4, -0.2) is 10.1 Å². The summed E-state index contributed by atoms with van der Waals surface area (Å²) >= 11 is 4.53. The molecule has 2 nitrogen and oxygen atoms in total. The second kappa shape index (κ2) is 11.2. The van der Waals surface area contributed by atoms with Crippen molar-refractivity contribution in [3.63, 3.8) is 0 Å². The molecule has 1 heterocycles. The summed E-state index contributed by atoms with van der Waals surface area (Å²) < 4.78 is 14.3. The maximum Gasteiger partial charge on any atom is 0.151 e. The number of hydrogen-bond donors (Lipinski definition) is 0. The fourth-order valence-corrected chi connectivity index (χ4v) is 3.23. The molecule has 4 heteroatoms. The second-order valence-electron chi connectivity index (χ2n) is 7.06. The normalized spacial score (nSPS) is 10.1. The summed E-state index contributed by atoms with van der Waals surface area (Å²) in [7, 11) is 0. The summed E-state index contributed by atoms with van der Waals surface area (Å²) in [5.41, 5.74) is 4.51. The van der Waals surface area contributed by atoms with E-state index >= 15 is 0 Å². The van der Waals surface area contributed by atoms with E-state index in [1.165, 1.54) is 43.5 Å². The van der Waals surface area contributed by atoms with Gasteiger partial charge in [-0.25, -0.2) is 4.39 Å². The Morgan fingerprint density at radius 3 is 2.20 bits per heavy atom. The van der Waals surface area contributed by atoms with E-state index < -0.39 is 5.82 Å². The van der Waals surface area contributed by atoms with E-state index in [0.29, 0.717) is 11.3 Å². The van der Waals surface area contributed by atoms with Crippen LogP contribution in [0.5, 0.6) is 0 Å². The number of nitrogens with zero attached hydrogens (tertiary/aromatic N) is 2. The molecule has 0 amide bonds. The van der Waals surface area contributed by atoms with Gasteiger partial charge in [0.25, 0.3) is 0 Å². The van der Waals surface area contributed by atoms with Crippen molar-refractivity contribution in [3.8, 4) is 23.1 Å². The average molecular weight is 415 g/mol. The van der Waals surface area contributed by atoms with Crippen LogP contribution in [0.15, 0.2) is 65.8 Å². The van der Waals surface area contributed by atoms with Gasteiger partial charge in [0.05, 0.1) is 17.0 Å². The molecular weight excluding hydrogens is 391 g/mol. The standard InChI is InChI=1S/C26H23FN2S/c1-2-3-4-5-6-20-7-9-21(10-8-20)11-12-22-13-15-23(16-14-22)26-25(27)17-24(18-28-26)29-19-30/h7-10,13-18H,2-6H2,1H3. The Kier molecular flexibility index (Phi) is 8.03. The molecule has 0 spiro atoms. The number of hydrogen-bond acceptors (Lipinski definition) is 3. The molecule has 0 atom stereocenters. The summed E-state index contributed by atoms with van der Waals surface area (Å²) in [6, 6.07) is 17.1. The van der Waals surface area contributed by atoms with Crippen molar-refractivity contribution in [1.82, 2.24) is 4.98 Å². The van der Waals surface area contributed by atoms with Gasteiger partial charge in [0.1, 0.15) is 5.69 Å². The quantitative estimate of drug-likeness (QED) is 0.178. The molecular formula is C26H23FN2S. The minimum Gasteiger partial charge on any atom is -0.251 e. The predicted molar refractivity (Wildman–Crippen MR) is 125 cm³/mol. The number of unbranched alkanes of at least 4 members (excludes halogenated alkanes) is 3. The smallest absolute Gasteiger partial charge is 0.151 e. The van der Waals surface area contributed by atoms with Crippen molar-refractivity contribution in [3.05, 3.63) is 83.3 Å². The third-order valence-corrected chi connectivity index (χ3v) is 4.88. The third kappa shape index (κ3) is 6.19. The third-order valence-electron chi connectivity index (χ3n) is 4.78. The van der Waals surface area contributed by atoms with Crippen LogP contribution in [0.25, 0.3) is 11.3 Å². The molecule has 0 aliphatic rings. The van der Waals surface area contributed by atoms with Crippen molar-refractivity contribution >= 4 is 23.1 Å². The Balaban J connectivity index is 1.65. The lowest BCUT2D eigenvalue weighted by Crippen LogP contribution is -1.89. The van der Waals surface area contributed by atoms with Crippen LogP contribution < -0.4 is 0 Å². The minimum atomic E-state index is -0.449. The van der Waals surface area contributed by atoms with Gasteiger partial charge in [-0.3, -0.25) is 4.98 Å². The van der Waals surface area contributed by atoms with Crippen LogP contribution in [0.4, 0.5) is 10.1 Å². The summed E-state index contributed by atoms with van der Waals surface area (Å²) in [6.45, 7) is 2.23. The molecule has 0 radical (unpaired) electrons. The van der Waals surface area contributed by atoms with Crippen molar-refractivity contribution in [2.24, 2.45) is 4.99 Å². The topological polar surface area (TPSA) is 25.2 Å². The van der Waals surface area contributed by atoms with Gasteiger partial charge < -0.3 is 0 Å². The number of isothiocyanates is 1. The van der Waals surface area contributed by atoms with Gasteiger partial charge >= 0.3 is 0 Å². The van der Waals surface area contributed by atoms with Crippen LogP contribution in [-0.2, 0) is 6.42 Å². The molecule has 150 valence electrons. The number of thiocarbonyl (C=S) groups is 1. The first-order valence-corrected chi connectivity index (χ1v) is 10.5.